The number of aliphatic hydroxyl groups excluding tert-OH is 1. The lowest BCUT2D eigenvalue weighted by Gasteiger charge is -2.14. The molecule has 3 heteroatoms. The molecule has 2 rings (SSSR count). The lowest BCUT2D eigenvalue weighted by atomic mass is 9.98. The molecular weight excluding hydrogens is 202 g/mol. The van der Waals surface area contributed by atoms with Gasteiger partial charge < -0.3 is 15.2 Å². The van der Waals surface area contributed by atoms with Crippen molar-refractivity contribution in [3.8, 4) is 5.75 Å². The number of nitrogens with one attached hydrogen (secondary N) is 1. The standard InChI is InChI=1S/C13H19NO2/c1-8-4-11-12(15)6-10(14-3)7-16-13(11)5-9(8)2/h4-5,10,12,14-15H,6-7H2,1-3H3. The van der Waals surface area contributed by atoms with Gasteiger partial charge in [-0.3, -0.25) is 0 Å². The van der Waals surface area contributed by atoms with Crippen molar-refractivity contribution >= 4 is 0 Å². The number of hydrogen-bond donors (Lipinski definition) is 2. The number of hydrogen-bond acceptors (Lipinski definition) is 3. The van der Waals surface area contributed by atoms with E-state index in [2.05, 4.69) is 19.2 Å². The minimum absolute atomic E-state index is 0.211. The van der Waals surface area contributed by atoms with Crippen LogP contribution in [0, 0.1) is 13.8 Å². The fourth-order valence-electron chi connectivity index (χ4n) is 2.05. The minimum atomic E-state index is -0.436. The highest BCUT2D eigenvalue weighted by Crippen LogP contribution is 2.33. The Balaban J connectivity index is 2.37. The van der Waals surface area contributed by atoms with Crippen molar-refractivity contribution in [2.45, 2.75) is 32.4 Å². The lowest BCUT2D eigenvalue weighted by molar-refractivity contribution is 0.153. The minimum Gasteiger partial charge on any atom is -0.492 e. The molecule has 0 saturated carbocycles. The smallest absolute Gasteiger partial charge is 0.125 e. The van der Waals surface area contributed by atoms with E-state index in [1.54, 1.807) is 0 Å². The van der Waals surface area contributed by atoms with Crippen molar-refractivity contribution in [3.05, 3.63) is 28.8 Å². The van der Waals surface area contributed by atoms with Crippen LogP contribution in [0.3, 0.4) is 0 Å². The topological polar surface area (TPSA) is 41.5 Å². The molecule has 0 radical (unpaired) electrons. The SMILES string of the molecule is CNC1COc2cc(C)c(C)cc2C(O)C1. The molecule has 0 aromatic heterocycles. The second-order valence-corrected chi connectivity index (χ2v) is 4.52. The first-order valence-electron chi connectivity index (χ1n) is 5.71. The van der Waals surface area contributed by atoms with Crippen LogP contribution < -0.4 is 10.1 Å². The summed E-state index contributed by atoms with van der Waals surface area (Å²) in [4.78, 5) is 0. The summed E-state index contributed by atoms with van der Waals surface area (Å²) in [6.07, 6.45) is 0.265. The molecule has 0 fully saturated rings. The van der Waals surface area contributed by atoms with E-state index in [4.69, 9.17) is 4.74 Å². The zero-order chi connectivity index (χ0) is 11.7. The first kappa shape index (κ1) is 11.4. The molecule has 0 spiro atoms. The van der Waals surface area contributed by atoms with Gasteiger partial charge in [-0.15, -0.1) is 0 Å². The van der Waals surface area contributed by atoms with Crippen LogP contribution in [0.15, 0.2) is 12.1 Å². The fourth-order valence-corrected chi connectivity index (χ4v) is 2.05. The van der Waals surface area contributed by atoms with Crippen molar-refractivity contribution < 1.29 is 9.84 Å². The molecule has 1 aromatic carbocycles. The third kappa shape index (κ3) is 2.06. The van der Waals surface area contributed by atoms with Gasteiger partial charge in [0.1, 0.15) is 12.4 Å². The van der Waals surface area contributed by atoms with Crippen molar-refractivity contribution in [1.82, 2.24) is 5.32 Å². The molecule has 2 atom stereocenters. The van der Waals surface area contributed by atoms with Crippen LogP contribution in [0.25, 0.3) is 0 Å². The van der Waals surface area contributed by atoms with Gasteiger partial charge in [0.25, 0.3) is 0 Å². The van der Waals surface area contributed by atoms with Gasteiger partial charge in [0.15, 0.2) is 0 Å². The summed E-state index contributed by atoms with van der Waals surface area (Å²) >= 11 is 0. The molecule has 0 aliphatic carbocycles. The Kier molecular flexibility index (Phi) is 3.17. The Labute approximate surface area is 96.4 Å². The van der Waals surface area contributed by atoms with E-state index in [9.17, 15) is 5.11 Å². The predicted molar refractivity (Wildman–Crippen MR) is 63.8 cm³/mol. The maximum absolute atomic E-state index is 10.1. The number of benzene rings is 1. The van der Waals surface area contributed by atoms with Crippen LogP contribution in [-0.4, -0.2) is 24.8 Å². The maximum Gasteiger partial charge on any atom is 0.125 e. The average molecular weight is 221 g/mol. The normalized spacial score (nSPS) is 24.5. The van der Waals surface area contributed by atoms with Crippen LogP contribution in [-0.2, 0) is 0 Å². The van der Waals surface area contributed by atoms with Crippen LogP contribution in [0.4, 0.5) is 0 Å². The highest BCUT2D eigenvalue weighted by molar-refractivity contribution is 5.43. The molecule has 1 aliphatic heterocycles. The Hall–Kier alpha value is -1.06. The molecule has 16 heavy (non-hydrogen) atoms. The first-order chi connectivity index (χ1) is 7.61. The molecule has 3 nitrogen and oxygen atoms in total. The zero-order valence-corrected chi connectivity index (χ0v) is 10.1. The molecule has 2 unspecified atom stereocenters. The van der Waals surface area contributed by atoms with E-state index in [1.165, 1.54) is 11.1 Å². The number of rotatable bonds is 1. The van der Waals surface area contributed by atoms with Gasteiger partial charge in [0, 0.05) is 11.6 Å². The van der Waals surface area contributed by atoms with Crippen molar-refractivity contribution in [1.29, 1.82) is 0 Å². The van der Waals surface area contributed by atoms with Crippen molar-refractivity contribution in [2.24, 2.45) is 0 Å². The molecular formula is C13H19NO2. The van der Waals surface area contributed by atoms with Gasteiger partial charge in [-0.05, 0) is 50.6 Å². The predicted octanol–water partition coefficient (Wildman–Crippen LogP) is 1.71. The van der Waals surface area contributed by atoms with Crippen molar-refractivity contribution in [2.75, 3.05) is 13.7 Å². The Morgan fingerprint density at radius 2 is 2.00 bits per heavy atom. The number of likely N-dealkylation sites (N-methyl/N-ethyl adjacent to an activating group) is 1. The number of aliphatic hydroxyl groups is 1. The number of fused-ring (bicyclic) bond motifs is 1. The first-order valence-corrected chi connectivity index (χ1v) is 5.71. The number of ether oxygens (including phenoxy) is 1. The van der Waals surface area contributed by atoms with E-state index in [0.717, 1.165) is 11.3 Å². The molecule has 0 amide bonds. The monoisotopic (exact) mass is 221 g/mol. The average Bonchev–Trinajstić information content (AvgIpc) is 2.41. The summed E-state index contributed by atoms with van der Waals surface area (Å²) in [5.41, 5.74) is 3.32. The van der Waals surface area contributed by atoms with Crippen LogP contribution in [0.1, 0.15) is 29.2 Å². The van der Waals surface area contributed by atoms with E-state index in [-0.39, 0.29) is 6.04 Å². The summed E-state index contributed by atoms with van der Waals surface area (Å²) in [7, 11) is 1.90. The summed E-state index contributed by atoms with van der Waals surface area (Å²) in [6.45, 7) is 4.73. The third-order valence-electron chi connectivity index (χ3n) is 3.34. The molecule has 0 saturated heterocycles. The molecule has 88 valence electrons. The molecule has 1 aromatic rings. The molecule has 0 bridgehead atoms. The highest BCUT2D eigenvalue weighted by atomic mass is 16.5. The van der Waals surface area contributed by atoms with E-state index >= 15 is 0 Å². The van der Waals surface area contributed by atoms with E-state index < -0.39 is 6.10 Å². The fraction of sp³-hybridized carbons (Fsp3) is 0.538. The lowest BCUT2D eigenvalue weighted by Crippen LogP contribution is -2.31. The Bertz CT molecular complexity index is 390. The largest absolute Gasteiger partial charge is 0.492 e. The third-order valence-corrected chi connectivity index (χ3v) is 3.34. The highest BCUT2D eigenvalue weighted by Gasteiger charge is 2.23. The maximum atomic E-state index is 10.1. The van der Waals surface area contributed by atoms with Gasteiger partial charge >= 0.3 is 0 Å². The Morgan fingerprint density at radius 3 is 2.69 bits per heavy atom. The Morgan fingerprint density at radius 1 is 1.31 bits per heavy atom. The van der Waals surface area contributed by atoms with Crippen molar-refractivity contribution in [3.63, 3.8) is 0 Å². The molecule has 1 heterocycles. The van der Waals surface area contributed by atoms with Crippen LogP contribution in [0.5, 0.6) is 5.75 Å². The number of aryl methyl sites for hydroxylation is 2. The van der Waals surface area contributed by atoms with Gasteiger partial charge in [0.05, 0.1) is 6.10 Å². The zero-order valence-electron chi connectivity index (χ0n) is 10.1. The second-order valence-electron chi connectivity index (χ2n) is 4.52. The van der Waals surface area contributed by atoms with Gasteiger partial charge in [-0.2, -0.15) is 0 Å². The second kappa shape index (κ2) is 4.44. The van der Waals surface area contributed by atoms with Crippen LogP contribution >= 0.6 is 0 Å². The summed E-state index contributed by atoms with van der Waals surface area (Å²) in [5.74, 6) is 0.827. The van der Waals surface area contributed by atoms with Gasteiger partial charge in [-0.1, -0.05) is 0 Å². The van der Waals surface area contributed by atoms with Gasteiger partial charge in [0.2, 0.25) is 0 Å². The van der Waals surface area contributed by atoms with E-state index in [0.29, 0.717) is 13.0 Å². The summed E-state index contributed by atoms with van der Waals surface area (Å²) in [6, 6.07) is 4.27. The quantitative estimate of drug-likeness (QED) is 0.758. The summed E-state index contributed by atoms with van der Waals surface area (Å²) in [5, 5.41) is 13.3. The molecule has 1 aliphatic rings. The van der Waals surface area contributed by atoms with Gasteiger partial charge in [-0.25, -0.2) is 0 Å². The van der Waals surface area contributed by atoms with E-state index in [1.807, 2.05) is 19.2 Å². The van der Waals surface area contributed by atoms with Crippen LogP contribution in [0.2, 0.25) is 0 Å². The molecule has 2 N–H and O–H groups in total. The summed E-state index contributed by atoms with van der Waals surface area (Å²) < 4.78 is 5.74.